The van der Waals surface area contributed by atoms with Crippen LogP contribution in [0.4, 0.5) is 5.69 Å². The minimum Gasteiger partial charge on any atom is -0.368 e. The van der Waals surface area contributed by atoms with Gasteiger partial charge in [0.25, 0.3) is 0 Å². The van der Waals surface area contributed by atoms with Gasteiger partial charge in [0.1, 0.15) is 0 Å². The van der Waals surface area contributed by atoms with Crippen LogP contribution >= 0.6 is 0 Å². The van der Waals surface area contributed by atoms with E-state index in [4.69, 9.17) is 0 Å². The second kappa shape index (κ2) is 8.19. The van der Waals surface area contributed by atoms with Crippen molar-refractivity contribution in [3.8, 4) is 0 Å². The Bertz CT molecular complexity index is 554. The van der Waals surface area contributed by atoms with Gasteiger partial charge in [-0.25, -0.2) is 0 Å². The Morgan fingerprint density at radius 2 is 1.68 bits per heavy atom. The number of likely N-dealkylation sites (tertiary alicyclic amines) is 1. The number of anilines is 1. The lowest BCUT2D eigenvalue weighted by molar-refractivity contribution is -0.136. The van der Waals surface area contributed by atoms with Crippen molar-refractivity contribution in [3.05, 3.63) is 30.3 Å². The van der Waals surface area contributed by atoms with Crippen molar-refractivity contribution in [2.24, 2.45) is 5.92 Å². The number of hydrogen-bond acceptors (Lipinski definition) is 4. The van der Waals surface area contributed by atoms with Gasteiger partial charge in [0, 0.05) is 51.0 Å². The SMILES string of the molecule is CN1C[C@H](C(=O)N2CCN(c3ccccc3)CC2)CC[C@H](N(C)C)C1. The minimum atomic E-state index is 0.151. The predicted octanol–water partition coefficient (Wildman–Crippen LogP) is 1.61. The molecule has 2 aliphatic rings. The zero-order valence-corrected chi connectivity index (χ0v) is 15.9. The van der Waals surface area contributed by atoms with Crippen molar-refractivity contribution in [2.75, 3.05) is 65.3 Å². The van der Waals surface area contributed by atoms with Gasteiger partial charge in [-0.05, 0) is 46.1 Å². The predicted molar refractivity (Wildman–Crippen MR) is 103 cm³/mol. The van der Waals surface area contributed by atoms with E-state index in [0.717, 1.165) is 52.1 Å². The summed E-state index contributed by atoms with van der Waals surface area (Å²) in [5.41, 5.74) is 1.26. The molecule has 3 rings (SSSR count). The van der Waals surface area contributed by atoms with E-state index in [0.29, 0.717) is 11.9 Å². The first-order valence-corrected chi connectivity index (χ1v) is 9.48. The van der Waals surface area contributed by atoms with Gasteiger partial charge >= 0.3 is 0 Å². The molecule has 0 N–H and O–H groups in total. The summed E-state index contributed by atoms with van der Waals surface area (Å²) in [5.74, 6) is 0.511. The quantitative estimate of drug-likeness (QED) is 0.833. The van der Waals surface area contributed by atoms with Crippen molar-refractivity contribution in [1.29, 1.82) is 0 Å². The third kappa shape index (κ3) is 4.53. The van der Waals surface area contributed by atoms with Crippen molar-refractivity contribution in [2.45, 2.75) is 18.9 Å². The fraction of sp³-hybridized carbons (Fsp3) is 0.650. The van der Waals surface area contributed by atoms with Crippen LogP contribution in [0.3, 0.4) is 0 Å². The molecule has 0 bridgehead atoms. The van der Waals surface area contributed by atoms with Crippen molar-refractivity contribution in [3.63, 3.8) is 0 Å². The molecule has 0 unspecified atom stereocenters. The number of hydrogen-bond donors (Lipinski definition) is 0. The topological polar surface area (TPSA) is 30.0 Å². The minimum absolute atomic E-state index is 0.151. The van der Waals surface area contributed by atoms with E-state index in [9.17, 15) is 4.79 Å². The smallest absolute Gasteiger partial charge is 0.227 e. The average molecular weight is 345 g/mol. The number of carbonyl (C=O) groups excluding carboxylic acids is 1. The molecule has 2 atom stereocenters. The second-order valence-corrected chi connectivity index (χ2v) is 7.76. The van der Waals surface area contributed by atoms with E-state index in [1.165, 1.54) is 5.69 Å². The number of benzene rings is 1. The first kappa shape index (κ1) is 18.2. The highest BCUT2D eigenvalue weighted by Crippen LogP contribution is 2.22. The molecule has 2 heterocycles. The monoisotopic (exact) mass is 344 g/mol. The molecule has 0 saturated carbocycles. The summed E-state index contributed by atoms with van der Waals surface area (Å²) >= 11 is 0. The Morgan fingerprint density at radius 3 is 2.32 bits per heavy atom. The van der Waals surface area contributed by atoms with Gasteiger partial charge < -0.3 is 19.6 Å². The Kier molecular flexibility index (Phi) is 5.97. The number of rotatable bonds is 3. The van der Waals surface area contributed by atoms with Crippen LogP contribution < -0.4 is 4.90 Å². The molecule has 0 aliphatic carbocycles. The van der Waals surface area contributed by atoms with Gasteiger partial charge in [-0.15, -0.1) is 0 Å². The van der Waals surface area contributed by atoms with Gasteiger partial charge in [-0.2, -0.15) is 0 Å². The van der Waals surface area contributed by atoms with Crippen molar-refractivity contribution >= 4 is 11.6 Å². The van der Waals surface area contributed by atoms with E-state index < -0.39 is 0 Å². The summed E-state index contributed by atoms with van der Waals surface area (Å²) in [5, 5.41) is 0. The molecule has 1 aromatic carbocycles. The molecular weight excluding hydrogens is 312 g/mol. The number of carbonyl (C=O) groups is 1. The number of piperazine rings is 1. The maximum Gasteiger partial charge on any atom is 0.227 e. The standard InChI is InChI=1S/C20H32N4O/c1-21(2)19-10-9-17(15-22(3)16-19)20(25)24-13-11-23(12-14-24)18-7-5-4-6-8-18/h4-8,17,19H,9-16H2,1-3H3/t17-,19+/m1/s1. The molecule has 5 heteroatoms. The van der Waals surface area contributed by atoms with Crippen LogP contribution in [0.5, 0.6) is 0 Å². The summed E-state index contributed by atoms with van der Waals surface area (Å²) < 4.78 is 0. The fourth-order valence-corrected chi connectivity index (χ4v) is 4.09. The molecule has 25 heavy (non-hydrogen) atoms. The summed E-state index contributed by atoms with van der Waals surface area (Å²) in [4.78, 5) is 22.1. The van der Waals surface area contributed by atoms with Gasteiger partial charge in [0.05, 0.1) is 5.92 Å². The van der Waals surface area contributed by atoms with E-state index in [2.05, 4.69) is 65.0 Å². The fourth-order valence-electron chi connectivity index (χ4n) is 4.09. The first-order chi connectivity index (χ1) is 12.0. The molecular formula is C20H32N4O. The molecule has 0 spiro atoms. The zero-order valence-electron chi connectivity index (χ0n) is 15.9. The van der Waals surface area contributed by atoms with Crippen molar-refractivity contribution < 1.29 is 4.79 Å². The molecule has 2 fully saturated rings. The molecule has 0 aromatic heterocycles. The van der Waals surface area contributed by atoms with Gasteiger partial charge in [0.15, 0.2) is 0 Å². The van der Waals surface area contributed by atoms with Gasteiger partial charge in [-0.1, -0.05) is 18.2 Å². The lowest BCUT2D eigenvalue weighted by Crippen LogP contribution is -2.51. The van der Waals surface area contributed by atoms with Crippen LogP contribution in [-0.4, -0.2) is 87.1 Å². The zero-order chi connectivity index (χ0) is 17.8. The van der Waals surface area contributed by atoms with Crippen LogP contribution in [0.2, 0.25) is 0 Å². The molecule has 5 nitrogen and oxygen atoms in total. The second-order valence-electron chi connectivity index (χ2n) is 7.76. The maximum absolute atomic E-state index is 13.0. The lowest BCUT2D eigenvalue weighted by atomic mass is 9.99. The van der Waals surface area contributed by atoms with Gasteiger partial charge in [-0.3, -0.25) is 4.79 Å². The summed E-state index contributed by atoms with van der Waals surface area (Å²) in [6, 6.07) is 11.1. The largest absolute Gasteiger partial charge is 0.368 e. The Hall–Kier alpha value is -1.59. The summed E-state index contributed by atoms with van der Waals surface area (Å²) in [6.45, 7) is 5.48. The van der Waals surface area contributed by atoms with E-state index >= 15 is 0 Å². The molecule has 0 radical (unpaired) electrons. The molecule has 1 amide bonds. The highest BCUT2D eigenvalue weighted by molar-refractivity contribution is 5.79. The van der Waals surface area contributed by atoms with E-state index in [-0.39, 0.29) is 5.92 Å². The number of likely N-dealkylation sites (N-methyl/N-ethyl adjacent to an activating group) is 2. The Labute approximate surface area is 152 Å². The van der Waals surface area contributed by atoms with Gasteiger partial charge in [0.2, 0.25) is 5.91 Å². The molecule has 1 aromatic rings. The van der Waals surface area contributed by atoms with Crippen LogP contribution in [0, 0.1) is 5.92 Å². The van der Waals surface area contributed by atoms with Crippen LogP contribution in [0.15, 0.2) is 30.3 Å². The molecule has 138 valence electrons. The van der Waals surface area contributed by atoms with E-state index in [1.54, 1.807) is 0 Å². The summed E-state index contributed by atoms with van der Waals surface area (Å²) in [6.07, 6.45) is 2.11. The maximum atomic E-state index is 13.0. The average Bonchev–Trinajstić information content (AvgIpc) is 2.84. The molecule has 2 aliphatic heterocycles. The summed E-state index contributed by atoms with van der Waals surface area (Å²) in [7, 11) is 6.43. The normalized spacial score (nSPS) is 25.9. The lowest BCUT2D eigenvalue weighted by Gasteiger charge is -2.37. The third-order valence-electron chi connectivity index (χ3n) is 5.70. The highest BCUT2D eigenvalue weighted by atomic mass is 16.2. The van der Waals surface area contributed by atoms with Crippen LogP contribution in [0.1, 0.15) is 12.8 Å². The first-order valence-electron chi connectivity index (χ1n) is 9.48. The Balaban J connectivity index is 1.55. The van der Waals surface area contributed by atoms with Crippen molar-refractivity contribution in [1.82, 2.24) is 14.7 Å². The number of amides is 1. The molecule has 2 saturated heterocycles. The number of para-hydroxylation sites is 1. The third-order valence-corrected chi connectivity index (χ3v) is 5.70. The highest BCUT2D eigenvalue weighted by Gasteiger charge is 2.31. The van der Waals surface area contributed by atoms with Crippen LogP contribution in [0.25, 0.3) is 0 Å². The van der Waals surface area contributed by atoms with Crippen LogP contribution in [-0.2, 0) is 4.79 Å². The Morgan fingerprint density at radius 1 is 1.00 bits per heavy atom. The van der Waals surface area contributed by atoms with E-state index in [1.807, 2.05) is 6.07 Å². The number of nitrogens with zero attached hydrogens (tertiary/aromatic N) is 4.